The van der Waals surface area contributed by atoms with Gasteiger partial charge in [-0.3, -0.25) is 4.90 Å². The quantitative estimate of drug-likeness (QED) is 0.867. The summed E-state index contributed by atoms with van der Waals surface area (Å²) in [5.41, 5.74) is 0.608. The van der Waals surface area contributed by atoms with E-state index in [4.69, 9.17) is 9.47 Å². The minimum Gasteiger partial charge on any atom is -0.496 e. The van der Waals surface area contributed by atoms with Crippen molar-refractivity contribution >= 4 is 10.9 Å². The number of nitrogens with zero attached hydrogens (tertiary/aromatic N) is 3. The molecule has 6 heteroatoms. The number of fused-ring (bicyclic) bond motifs is 2. The number of methoxy groups -OCH3 is 1. The normalized spacial score (nSPS) is 27.3. The minimum absolute atomic E-state index is 0.174. The lowest BCUT2D eigenvalue weighted by Gasteiger charge is -2.30. The van der Waals surface area contributed by atoms with Crippen LogP contribution in [-0.2, 0) is 0 Å². The predicted octanol–water partition coefficient (Wildman–Crippen LogP) is 2.59. The first-order valence-corrected chi connectivity index (χ1v) is 8.02. The van der Waals surface area contributed by atoms with Gasteiger partial charge in [-0.15, -0.1) is 0 Å². The van der Waals surface area contributed by atoms with Crippen molar-refractivity contribution in [2.45, 2.75) is 31.0 Å². The van der Waals surface area contributed by atoms with Crippen LogP contribution in [0.15, 0.2) is 24.4 Å². The zero-order valence-electron chi connectivity index (χ0n) is 13.2. The molecule has 0 amide bonds. The lowest BCUT2D eigenvalue weighted by Crippen LogP contribution is -2.43. The molecule has 0 bridgehead atoms. The van der Waals surface area contributed by atoms with Crippen LogP contribution in [0, 0.1) is 0 Å². The zero-order chi connectivity index (χ0) is 15.9. The zero-order valence-corrected chi connectivity index (χ0v) is 13.2. The predicted molar refractivity (Wildman–Crippen MR) is 84.6 cm³/mol. The van der Waals surface area contributed by atoms with Gasteiger partial charge in [0.05, 0.1) is 23.6 Å². The molecule has 2 aliphatic heterocycles. The third-order valence-corrected chi connectivity index (χ3v) is 5.01. The lowest BCUT2D eigenvalue weighted by molar-refractivity contribution is 0.107. The third-order valence-electron chi connectivity index (χ3n) is 5.01. The first-order chi connectivity index (χ1) is 11.2. The lowest BCUT2D eigenvalue weighted by atomic mass is 9.95. The molecule has 0 aliphatic carbocycles. The summed E-state index contributed by atoms with van der Waals surface area (Å²) < 4.78 is 24.9. The number of rotatable bonds is 4. The van der Waals surface area contributed by atoms with Crippen molar-refractivity contribution < 1.29 is 13.9 Å². The Labute approximate surface area is 134 Å². The Bertz CT molecular complexity index is 726. The average molecular weight is 317 g/mol. The molecule has 2 saturated heterocycles. The number of benzene rings is 1. The molecule has 0 saturated carbocycles. The molecule has 3 heterocycles. The number of halogens is 1. The first-order valence-electron chi connectivity index (χ1n) is 8.02. The van der Waals surface area contributed by atoms with Gasteiger partial charge in [0.15, 0.2) is 0 Å². The summed E-state index contributed by atoms with van der Waals surface area (Å²) in [5.74, 6) is 0.741. The van der Waals surface area contributed by atoms with E-state index >= 15 is 0 Å². The molecule has 0 spiro atoms. The number of hydrogen-bond donors (Lipinski definition) is 0. The van der Waals surface area contributed by atoms with Crippen molar-refractivity contribution in [2.75, 3.05) is 26.8 Å². The molecule has 2 aliphatic rings. The van der Waals surface area contributed by atoms with Crippen molar-refractivity contribution in [3.05, 3.63) is 24.4 Å². The molecular formula is C17H20FN3O2. The topological polar surface area (TPSA) is 47.5 Å². The van der Waals surface area contributed by atoms with E-state index in [-0.39, 0.29) is 5.54 Å². The molecule has 4 rings (SSSR count). The highest BCUT2D eigenvalue weighted by molar-refractivity contribution is 5.84. The highest BCUT2D eigenvalue weighted by Gasteiger charge is 2.49. The molecule has 2 aromatic rings. The molecule has 2 atom stereocenters. The van der Waals surface area contributed by atoms with Gasteiger partial charge < -0.3 is 9.47 Å². The van der Waals surface area contributed by atoms with Gasteiger partial charge in [0.2, 0.25) is 0 Å². The molecule has 0 N–H and O–H groups in total. The SMILES string of the molecule is COc1cccc2nc(OC[C@@]34CCCN3C[C@H](F)C4)ncc12. The summed E-state index contributed by atoms with van der Waals surface area (Å²) in [6.07, 6.45) is 3.60. The second-order valence-corrected chi connectivity index (χ2v) is 6.41. The maximum atomic E-state index is 13.8. The number of alkyl halides is 1. The van der Waals surface area contributed by atoms with Crippen LogP contribution in [0.1, 0.15) is 19.3 Å². The summed E-state index contributed by atoms with van der Waals surface area (Å²) in [4.78, 5) is 11.0. The molecule has 0 unspecified atom stereocenters. The molecule has 2 fully saturated rings. The van der Waals surface area contributed by atoms with E-state index in [0.717, 1.165) is 36.0 Å². The average Bonchev–Trinajstić information content (AvgIpc) is 3.07. The van der Waals surface area contributed by atoms with Crippen LogP contribution in [0.5, 0.6) is 11.8 Å². The van der Waals surface area contributed by atoms with Gasteiger partial charge in [-0.05, 0) is 31.5 Å². The Morgan fingerprint density at radius 2 is 2.35 bits per heavy atom. The number of aromatic nitrogens is 2. The molecule has 5 nitrogen and oxygen atoms in total. The summed E-state index contributed by atoms with van der Waals surface area (Å²) in [5, 5.41) is 0.854. The monoisotopic (exact) mass is 317 g/mol. The van der Waals surface area contributed by atoms with Crippen LogP contribution < -0.4 is 9.47 Å². The van der Waals surface area contributed by atoms with Gasteiger partial charge in [0.25, 0.3) is 0 Å². The number of hydrogen-bond acceptors (Lipinski definition) is 5. The van der Waals surface area contributed by atoms with Gasteiger partial charge in [0.1, 0.15) is 18.5 Å². The third kappa shape index (κ3) is 2.51. The van der Waals surface area contributed by atoms with E-state index in [1.54, 1.807) is 13.3 Å². The second-order valence-electron chi connectivity index (χ2n) is 6.41. The van der Waals surface area contributed by atoms with Crippen LogP contribution in [-0.4, -0.2) is 53.4 Å². The standard InChI is InChI=1S/C17H20FN3O2/c1-22-15-5-2-4-14-13(15)9-19-16(20-14)23-11-17-6-3-7-21(17)10-12(18)8-17/h2,4-5,9,12H,3,6-8,10-11H2,1H3/t12-,17+/m1/s1. The molecule has 1 aromatic carbocycles. The van der Waals surface area contributed by atoms with Crippen LogP contribution in [0.2, 0.25) is 0 Å². The van der Waals surface area contributed by atoms with Gasteiger partial charge in [-0.25, -0.2) is 9.37 Å². The highest BCUT2D eigenvalue weighted by Crippen LogP contribution is 2.40. The van der Waals surface area contributed by atoms with E-state index in [9.17, 15) is 4.39 Å². The Hall–Kier alpha value is -1.95. The maximum absolute atomic E-state index is 13.8. The minimum atomic E-state index is -0.749. The Balaban J connectivity index is 1.54. The Kier molecular flexibility index (Phi) is 3.56. The van der Waals surface area contributed by atoms with Crippen LogP contribution in [0.4, 0.5) is 4.39 Å². The first kappa shape index (κ1) is 14.6. The maximum Gasteiger partial charge on any atom is 0.316 e. The largest absolute Gasteiger partial charge is 0.496 e. The van der Waals surface area contributed by atoms with Crippen LogP contribution >= 0.6 is 0 Å². The molecule has 122 valence electrons. The summed E-state index contributed by atoms with van der Waals surface area (Å²) in [7, 11) is 1.63. The van der Waals surface area contributed by atoms with E-state index in [0.29, 0.717) is 25.6 Å². The van der Waals surface area contributed by atoms with Gasteiger partial charge >= 0.3 is 6.01 Å². The van der Waals surface area contributed by atoms with Crippen molar-refractivity contribution in [3.63, 3.8) is 0 Å². The van der Waals surface area contributed by atoms with Gasteiger partial charge in [-0.1, -0.05) is 6.07 Å². The van der Waals surface area contributed by atoms with E-state index in [2.05, 4.69) is 14.9 Å². The molecule has 23 heavy (non-hydrogen) atoms. The van der Waals surface area contributed by atoms with Gasteiger partial charge in [0, 0.05) is 19.2 Å². The van der Waals surface area contributed by atoms with E-state index in [1.165, 1.54) is 0 Å². The summed E-state index contributed by atoms with van der Waals surface area (Å²) in [6, 6.07) is 6.01. The Morgan fingerprint density at radius 3 is 3.22 bits per heavy atom. The van der Waals surface area contributed by atoms with Crippen LogP contribution in [0.25, 0.3) is 10.9 Å². The van der Waals surface area contributed by atoms with Gasteiger partial charge in [-0.2, -0.15) is 4.98 Å². The summed E-state index contributed by atoms with van der Waals surface area (Å²) in [6.45, 7) is 1.93. The molecule has 1 aromatic heterocycles. The fourth-order valence-electron chi connectivity index (χ4n) is 3.91. The fraction of sp³-hybridized carbons (Fsp3) is 0.529. The molecular weight excluding hydrogens is 297 g/mol. The van der Waals surface area contributed by atoms with Crippen molar-refractivity contribution in [1.82, 2.24) is 14.9 Å². The van der Waals surface area contributed by atoms with E-state index < -0.39 is 6.17 Å². The highest BCUT2D eigenvalue weighted by atomic mass is 19.1. The van der Waals surface area contributed by atoms with E-state index in [1.807, 2.05) is 18.2 Å². The Morgan fingerprint density at radius 1 is 1.43 bits per heavy atom. The summed E-state index contributed by atoms with van der Waals surface area (Å²) >= 11 is 0. The number of ether oxygens (including phenoxy) is 2. The fourth-order valence-corrected chi connectivity index (χ4v) is 3.91. The molecule has 0 radical (unpaired) electrons. The second kappa shape index (κ2) is 5.60. The van der Waals surface area contributed by atoms with Crippen molar-refractivity contribution in [2.24, 2.45) is 0 Å². The van der Waals surface area contributed by atoms with Crippen molar-refractivity contribution in [1.29, 1.82) is 0 Å². The smallest absolute Gasteiger partial charge is 0.316 e. The van der Waals surface area contributed by atoms with Crippen LogP contribution in [0.3, 0.4) is 0 Å². The van der Waals surface area contributed by atoms with Crippen molar-refractivity contribution in [3.8, 4) is 11.8 Å².